The second kappa shape index (κ2) is 11.1. The van der Waals surface area contributed by atoms with Gasteiger partial charge in [-0.3, -0.25) is 19.3 Å². The van der Waals surface area contributed by atoms with Gasteiger partial charge in [0.1, 0.15) is 0 Å². The molecule has 0 atom stereocenters. The number of amides is 3. The van der Waals surface area contributed by atoms with E-state index in [9.17, 15) is 14.4 Å². The van der Waals surface area contributed by atoms with E-state index in [0.717, 1.165) is 6.42 Å². The van der Waals surface area contributed by atoms with Crippen LogP contribution in [0.25, 0.3) is 0 Å². The molecule has 3 rings (SSSR count). The lowest BCUT2D eigenvalue weighted by atomic mass is 10.1. The van der Waals surface area contributed by atoms with Crippen LogP contribution in [0, 0.1) is 5.92 Å². The average molecular weight is 443 g/mol. The van der Waals surface area contributed by atoms with Crippen LogP contribution in [0.4, 0.5) is 11.4 Å². The molecule has 7 nitrogen and oxygen atoms in total. The molecule has 0 unspecified atom stereocenters. The maximum absolute atomic E-state index is 12.4. The molecule has 166 valence electrons. The van der Waals surface area contributed by atoms with Crippen LogP contribution in [-0.2, 0) is 9.59 Å². The molecule has 1 aliphatic heterocycles. The van der Waals surface area contributed by atoms with Crippen molar-refractivity contribution in [2.24, 2.45) is 5.92 Å². The first-order chi connectivity index (χ1) is 14.9. The van der Waals surface area contributed by atoms with Crippen LogP contribution in [0.15, 0.2) is 41.8 Å². The molecule has 1 aliphatic rings. The molecule has 0 spiro atoms. The number of hydrogen-bond donors (Lipinski definition) is 2. The number of anilines is 2. The molecule has 3 amide bonds. The van der Waals surface area contributed by atoms with Gasteiger partial charge in [-0.2, -0.15) is 0 Å². The van der Waals surface area contributed by atoms with Crippen molar-refractivity contribution in [1.82, 2.24) is 9.80 Å². The highest BCUT2D eigenvalue weighted by Crippen LogP contribution is 2.16. The first-order valence-electron chi connectivity index (χ1n) is 10.7. The van der Waals surface area contributed by atoms with Crippen LogP contribution in [-0.4, -0.2) is 60.2 Å². The van der Waals surface area contributed by atoms with Gasteiger partial charge >= 0.3 is 0 Å². The van der Waals surface area contributed by atoms with E-state index >= 15 is 0 Å². The van der Waals surface area contributed by atoms with Crippen molar-refractivity contribution in [3.05, 3.63) is 46.7 Å². The summed E-state index contributed by atoms with van der Waals surface area (Å²) < 4.78 is 0. The predicted octanol–water partition coefficient (Wildman–Crippen LogP) is 3.52. The van der Waals surface area contributed by atoms with E-state index in [1.165, 1.54) is 11.3 Å². The number of carbonyl (C=O) groups is 3. The zero-order valence-electron chi connectivity index (χ0n) is 18.1. The normalized spacial score (nSPS) is 14.5. The number of hydrogen-bond acceptors (Lipinski definition) is 5. The fraction of sp³-hybridized carbons (Fsp3) is 0.435. The van der Waals surface area contributed by atoms with Gasteiger partial charge in [-0.05, 0) is 48.1 Å². The zero-order valence-corrected chi connectivity index (χ0v) is 18.9. The largest absolute Gasteiger partial charge is 0.340 e. The standard InChI is InChI=1S/C23H30N4O3S/c1-17(2)5-10-22(29)27-13-11-26(12-14-27)16-21(28)24-18-6-8-19(9-7-18)25-23(30)20-4-3-15-31-20/h3-4,6-9,15,17H,5,10-14,16H2,1-2H3,(H,24,28)(H,25,30). The second-order valence-corrected chi connectivity index (χ2v) is 9.09. The number of carbonyl (C=O) groups excluding carboxylic acids is 3. The van der Waals surface area contributed by atoms with Crippen LogP contribution in [0.5, 0.6) is 0 Å². The highest BCUT2D eigenvalue weighted by molar-refractivity contribution is 7.12. The Kier molecular flexibility index (Phi) is 8.20. The number of piperazine rings is 1. The van der Waals surface area contributed by atoms with E-state index in [1.54, 1.807) is 30.3 Å². The van der Waals surface area contributed by atoms with Gasteiger partial charge in [-0.15, -0.1) is 11.3 Å². The Hall–Kier alpha value is -2.71. The molecule has 0 radical (unpaired) electrons. The van der Waals surface area contributed by atoms with Gasteiger partial charge in [0.15, 0.2) is 0 Å². The van der Waals surface area contributed by atoms with Crippen molar-refractivity contribution in [2.45, 2.75) is 26.7 Å². The summed E-state index contributed by atoms with van der Waals surface area (Å²) in [5.41, 5.74) is 1.36. The molecular weight excluding hydrogens is 412 g/mol. The highest BCUT2D eigenvalue weighted by atomic mass is 32.1. The number of rotatable bonds is 8. The fourth-order valence-electron chi connectivity index (χ4n) is 3.37. The minimum absolute atomic E-state index is 0.0880. The van der Waals surface area contributed by atoms with E-state index in [4.69, 9.17) is 0 Å². The van der Waals surface area contributed by atoms with Crippen molar-refractivity contribution in [1.29, 1.82) is 0 Å². The van der Waals surface area contributed by atoms with Crippen LogP contribution in [0.3, 0.4) is 0 Å². The Morgan fingerprint density at radius 1 is 0.968 bits per heavy atom. The summed E-state index contributed by atoms with van der Waals surface area (Å²) in [6, 6.07) is 10.7. The highest BCUT2D eigenvalue weighted by Gasteiger charge is 2.22. The van der Waals surface area contributed by atoms with Crippen molar-refractivity contribution in [2.75, 3.05) is 43.4 Å². The smallest absolute Gasteiger partial charge is 0.265 e. The first kappa shape index (κ1) is 23.0. The van der Waals surface area contributed by atoms with Gasteiger partial charge in [-0.1, -0.05) is 19.9 Å². The lowest BCUT2D eigenvalue weighted by Crippen LogP contribution is -2.50. The Balaban J connectivity index is 1.40. The third-order valence-corrected chi connectivity index (χ3v) is 6.07. The first-order valence-corrected chi connectivity index (χ1v) is 11.5. The second-order valence-electron chi connectivity index (χ2n) is 8.15. The van der Waals surface area contributed by atoms with Crippen LogP contribution in [0.1, 0.15) is 36.4 Å². The minimum atomic E-state index is -0.145. The summed E-state index contributed by atoms with van der Waals surface area (Å²) in [6.45, 7) is 7.29. The van der Waals surface area contributed by atoms with Crippen molar-refractivity contribution < 1.29 is 14.4 Å². The molecule has 2 N–H and O–H groups in total. The molecule has 8 heteroatoms. The maximum atomic E-state index is 12.4. The van der Waals surface area contributed by atoms with E-state index < -0.39 is 0 Å². The van der Waals surface area contributed by atoms with Gasteiger partial charge in [-0.25, -0.2) is 0 Å². The Morgan fingerprint density at radius 3 is 2.19 bits per heavy atom. The molecule has 0 bridgehead atoms. The van der Waals surface area contributed by atoms with Crippen LogP contribution < -0.4 is 10.6 Å². The molecule has 31 heavy (non-hydrogen) atoms. The van der Waals surface area contributed by atoms with E-state index in [1.807, 2.05) is 16.3 Å². The number of nitrogens with zero attached hydrogens (tertiary/aromatic N) is 2. The number of thiophene rings is 1. The quantitative estimate of drug-likeness (QED) is 0.655. The van der Waals surface area contributed by atoms with Crippen molar-refractivity contribution in [3.8, 4) is 0 Å². The maximum Gasteiger partial charge on any atom is 0.265 e. The monoisotopic (exact) mass is 442 g/mol. The topological polar surface area (TPSA) is 81.8 Å². The molecule has 1 saturated heterocycles. The molecule has 1 fully saturated rings. The third kappa shape index (κ3) is 7.18. The zero-order chi connectivity index (χ0) is 22.2. The number of benzene rings is 1. The molecule has 2 heterocycles. The average Bonchev–Trinajstić information content (AvgIpc) is 3.29. The van der Waals surface area contributed by atoms with Gasteiger partial charge in [0, 0.05) is 44.0 Å². The summed E-state index contributed by atoms with van der Waals surface area (Å²) in [7, 11) is 0. The Labute approximate surface area is 187 Å². The minimum Gasteiger partial charge on any atom is -0.340 e. The molecule has 2 aromatic rings. The lowest BCUT2D eigenvalue weighted by Gasteiger charge is -2.34. The molecule has 1 aromatic heterocycles. The van der Waals surface area contributed by atoms with Crippen LogP contribution in [0.2, 0.25) is 0 Å². The van der Waals surface area contributed by atoms with Gasteiger partial charge in [0.25, 0.3) is 5.91 Å². The van der Waals surface area contributed by atoms with E-state index in [-0.39, 0.29) is 17.7 Å². The summed E-state index contributed by atoms with van der Waals surface area (Å²) in [5.74, 6) is 0.507. The molecule has 0 saturated carbocycles. The van der Waals surface area contributed by atoms with E-state index in [0.29, 0.717) is 61.3 Å². The number of nitrogens with one attached hydrogen (secondary N) is 2. The molecule has 1 aromatic carbocycles. The SMILES string of the molecule is CC(C)CCC(=O)N1CCN(CC(=O)Nc2ccc(NC(=O)c3cccs3)cc2)CC1. The van der Waals surface area contributed by atoms with Crippen LogP contribution >= 0.6 is 11.3 Å². The fourth-order valence-corrected chi connectivity index (χ4v) is 3.99. The molecular formula is C23H30N4O3S. The van der Waals surface area contributed by atoms with Crippen molar-refractivity contribution in [3.63, 3.8) is 0 Å². The lowest BCUT2D eigenvalue weighted by molar-refractivity contribution is -0.133. The summed E-state index contributed by atoms with van der Waals surface area (Å²) in [5, 5.41) is 7.59. The molecule has 0 aliphatic carbocycles. The van der Waals surface area contributed by atoms with Gasteiger partial charge in [0.2, 0.25) is 11.8 Å². The summed E-state index contributed by atoms with van der Waals surface area (Å²) in [4.78, 5) is 41.3. The Morgan fingerprint density at radius 2 is 1.61 bits per heavy atom. The summed E-state index contributed by atoms with van der Waals surface area (Å²) >= 11 is 1.39. The van der Waals surface area contributed by atoms with Gasteiger partial charge in [0.05, 0.1) is 11.4 Å². The van der Waals surface area contributed by atoms with E-state index in [2.05, 4.69) is 29.4 Å². The van der Waals surface area contributed by atoms with Gasteiger partial charge < -0.3 is 15.5 Å². The summed E-state index contributed by atoms with van der Waals surface area (Å²) in [6.07, 6.45) is 1.51. The third-order valence-electron chi connectivity index (χ3n) is 5.20. The Bertz CT molecular complexity index is 873. The predicted molar refractivity (Wildman–Crippen MR) is 124 cm³/mol. The van der Waals surface area contributed by atoms with Crippen molar-refractivity contribution >= 4 is 40.4 Å².